The second kappa shape index (κ2) is 7.75. The van der Waals surface area contributed by atoms with Crippen molar-refractivity contribution in [3.05, 3.63) is 77.6 Å². The van der Waals surface area contributed by atoms with Crippen LogP contribution >= 0.6 is 0 Å². The molecule has 4 heterocycles. The van der Waals surface area contributed by atoms with Crippen LogP contribution in [0.1, 0.15) is 27.6 Å². The van der Waals surface area contributed by atoms with Crippen molar-refractivity contribution < 1.29 is 4.79 Å². The number of hydrogen-bond donors (Lipinski definition) is 1. The first-order chi connectivity index (χ1) is 14.3. The molecule has 1 fully saturated rings. The van der Waals surface area contributed by atoms with Gasteiger partial charge in [0, 0.05) is 51.5 Å². The third kappa shape index (κ3) is 3.78. The van der Waals surface area contributed by atoms with Crippen molar-refractivity contribution >= 4 is 5.91 Å². The van der Waals surface area contributed by atoms with Crippen LogP contribution in [0.25, 0.3) is 0 Å². The summed E-state index contributed by atoms with van der Waals surface area (Å²) >= 11 is 0. The van der Waals surface area contributed by atoms with E-state index in [9.17, 15) is 4.79 Å². The van der Waals surface area contributed by atoms with Gasteiger partial charge in [0.05, 0.1) is 0 Å². The minimum atomic E-state index is -0.156. The Balaban J connectivity index is 1.24. The molecule has 0 spiro atoms. The van der Waals surface area contributed by atoms with Gasteiger partial charge in [0.25, 0.3) is 5.91 Å². The van der Waals surface area contributed by atoms with E-state index in [1.165, 1.54) is 5.56 Å². The van der Waals surface area contributed by atoms with Crippen LogP contribution in [-0.2, 0) is 26.1 Å². The summed E-state index contributed by atoms with van der Waals surface area (Å²) in [5, 5.41) is 11.5. The van der Waals surface area contributed by atoms with Gasteiger partial charge in [0.15, 0.2) is 0 Å². The topological polar surface area (TPSA) is 75.9 Å². The number of fused-ring (bicyclic) bond motifs is 2. The minimum Gasteiger partial charge on any atom is -0.345 e. The van der Waals surface area contributed by atoms with Gasteiger partial charge in [-0.15, -0.1) is 10.2 Å². The summed E-state index contributed by atoms with van der Waals surface area (Å²) in [6.45, 7) is 4.31. The minimum absolute atomic E-state index is 0.156. The Bertz CT molecular complexity index is 987. The largest absolute Gasteiger partial charge is 0.345 e. The van der Waals surface area contributed by atoms with Gasteiger partial charge in [0.1, 0.15) is 5.82 Å². The molecule has 2 aliphatic rings. The van der Waals surface area contributed by atoms with Gasteiger partial charge in [-0.1, -0.05) is 36.4 Å². The fourth-order valence-electron chi connectivity index (χ4n) is 4.53. The molecule has 0 radical (unpaired) electrons. The van der Waals surface area contributed by atoms with E-state index in [4.69, 9.17) is 0 Å². The highest BCUT2D eigenvalue weighted by Crippen LogP contribution is 2.33. The van der Waals surface area contributed by atoms with E-state index in [1.807, 2.05) is 53.4 Å². The first-order valence-corrected chi connectivity index (χ1v) is 10.1. The van der Waals surface area contributed by atoms with Crippen LogP contribution in [0.2, 0.25) is 0 Å². The second-order valence-electron chi connectivity index (χ2n) is 8.00. The quantitative estimate of drug-likeness (QED) is 0.723. The molecule has 0 unspecified atom stereocenters. The molecule has 7 nitrogen and oxygen atoms in total. The van der Waals surface area contributed by atoms with E-state index in [-0.39, 0.29) is 5.91 Å². The molecule has 1 aromatic carbocycles. The number of rotatable bonds is 5. The number of aromatic nitrogens is 4. The molecule has 0 aliphatic carbocycles. The lowest BCUT2D eigenvalue weighted by Gasteiger charge is -2.25. The molecule has 1 saturated heterocycles. The summed E-state index contributed by atoms with van der Waals surface area (Å²) in [6, 6.07) is 14.0. The number of hydrogen-bond acceptors (Lipinski definition) is 5. The van der Waals surface area contributed by atoms with Crippen LogP contribution in [0.3, 0.4) is 0 Å². The van der Waals surface area contributed by atoms with E-state index < -0.39 is 0 Å². The summed E-state index contributed by atoms with van der Waals surface area (Å²) in [4.78, 5) is 19.4. The number of benzene rings is 1. The number of nitrogens with one attached hydrogen (secondary N) is 1. The molecule has 5 rings (SSSR count). The molecule has 0 bridgehead atoms. The molecule has 29 heavy (non-hydrogen) atoms. The zero-order chi connectivity index (χ0) is 19.6. The number of pyridine rings is 1. The molecule has 1 amide bonds. The summed E-state index contributed by atoms with van der Waals surface area (Å²) in [5.41, 5.74) is 2.31. The standard InChI is InChI=1S/C22H24N6O/c29-22(24-11-16-5-2-1-3-6-16)21-26-25-20-9-18-13-27(14-19(18)15-28(20)21)12-17-7-4-8-23-10-17/h1-8,10,18-19H,9,11-15H2,(H,24,29)/t18-,19+/m0/s1. The second-order valence-corrected chi connectivity index (χ2v) is 8.00. The fraction of sp³-hybridized carbons (Fsp3) is 0.364. The molecular weight excluding hydrogens is 364 g/mol. The highest BCUT2D eigenvalue weighted by Gasteiger charge is 2.39. The van der Waals surface area contributed by atoms with Crippen molar-refractivity contribution in [3.8, 4) is 0 Å². The van der Waals surface area contributed by atoms with E-state index >= 15 is 0 Å². The van der Waals surface area contributed by atoms with Crippen molar-refractivity contribution in [2.24, 2.45) is 11.8 Å². The highest BCUT2D eigenvalue weighted by molar-refractivity contribution is 5.90. The molecule has 148 valence electrons. The van der Waals surface area contributed by atoms with Gasteiger partial charge in [-0.25, -0.2) is 0 Å². The van der Waals surface area contributed by atoms with E-state index in [1.54, 1.807) is 0 Å². The van der Waals surface area contributed by atoms with E-state index in [0.717, 1.165) is 44.0 Å². The van der Waals surface area contributed by atoms with Gasteiger partial charge in [0.2, 0.25) is 5.82 Å². The van der Waals surface area contributed by atoms with Gasteiger partial charge >= 0.3 is 0 Å². The molecular formula is C22H24N6O. The van der Waals surface area contributed by atoms with Crippen LogP contribution in [0, 0.1) is 11.8 Å². The molecule has 7 heteroatoms. The summed E-state index contributed by atoms with van der Waals surface area (Å²) in [6.07, 6.45) is 4.63. The molecule has 2 aromatic heterocycles. The Morgan fingerprint density at radius 1 is 1.00 bits per heavy atom. The first kappa shape index (κ1) is 18.0. The smallest absolute Gasteiger partial charge is 0.289 e. The van der Waals surface area contributed by atoms with Crippen molar-refractivity contribution in [1.82, 2.24) is 30.0 Å². The van der Waals surface area contributed by atoms with E-state index in [0.29, 0.717) is 24.2 Å². The Morgan fingerprint density at radius 2 is 1.83 bits per heavy atom. The van der Waals surface area contributed by atoms with Crippen LogP contribution in [0.5, 0.6) is 0 Å². The maximum atomic E-state index is 12.7. The van der Waals surface area contributed by atoms with Crippen LogP contribution in [0.15, 0.2) is 54.9 Å². The maximum Gasteiger partial charge on any atom is 0.289 e. The van der Waals surface area contributed by atoms with Gasteiger partial charge in [-0.2, -0.15) is 0 Å². The summed E-state index contributed by atoms with van der Waals surface area (Å²) in [7, 11) is 0. The Labute approximate surface area is 169 Å². The Kier molecular flexibility index (Phi) is 4.81. The number of amides is 1. The zero-order valence-electron chi connectivity index (χ0n) is 16.2. The van der Waals surface area contributed by atoms with Crippen LogP contribution < -0.4 is 5.32 Å². The number of likely N-dealkylation sites (tertiary alicyclic amines) is 1. The van der Waals surface area contributed by atoms with Gasteiger partial charge in [-0.3, -0.25) is 14.7 Å². The fourth-order valence-corrected chi connectivity index (χ4v) is 4.53. The first-order valence-electron chi connectivity index (χ1n) is 10.1. The third-order valence-electron chi connectivity index (χ3n) is 5.97. The third-order valence-corrected chi connectivity index (χ3v) is 5.97. The lowest BCUT2D eigenvalue weighted by molar-refractivity contribution is 0.0932. The number of nitrogens with zero attached hydrogens (tertiary/aromatic N) is 5. The molecule has 2 atom stereocenters. The number of carbonyl (C=O) groups excluding carboxylic acids is 1. The maximum absolute atomic E-state index is 12.7. The highest BCUT2D eigenvalue weighted by atomic mass is 16.2. The van der Waals surface area contributed by atoms with Crippen LogP contribution in [-0.4, -0.2) is 43.6 Å². The summed E-state index contributed by atoms with van der Waals surface area (Å²) < 4.78 is 2.02. The van der Waals surface area contributed by atoms with Crippen LogP contribution in [0.4, 0.5) is 0 Å². The van der Waals surface area contributed by atoms with E-state index in [2.05, 4.69) is 31.5 Å². The summed E-state index contributed by atoms with van der Waals surface area (Å²) in [5.74, 6) is 2.30. The van der Waals surface area contributed by atoms with Crippen molar-refractivity contribution in [3.63, 3.8) is 0 Å². The molecule has 3 aromatic rings. The predicted octanol–water partition coefficient (Wildman–Crippen LogP) is 1.91. The van der Waals surface area contributed by atoms with Gasteiger partial charge in [-0.05, 0) is 29.0 Å². The molecule has 0 saturated carbocycles. The van der Waals surface area contributed by atoms with Crippen molar-refractivity contribution in [2.75, 3.05) is 13.1 Å². The predicted molar refractivity (Wildman–Crippen MR) is 108 cm³/mol. The molecule has 2 aliphatic heterocycles. The molecule has 1 N–H and O–H groups in total. The number of carbonyl (C=O) groups is 1. The zero-order valence-corrected chi connectivity index (χ0v) is 16.2. The van der Waals surface area contributed by atoms with Crippen molar-refractivity contribution in [1.29, 1.82) is 0 Å². The van der Waals surface area contributed by atoms with Gasteiger partial charge < -0.3 is 9.88 Å². The van der Waals surface area contributed by atoms with Crippen molar-refractivity contribution in [2.45, 2.75) is 26.1 Å². The lowest BCUT2D eigenvalue weighted by atomic mass is 9.89. The average Bonchev–Trinajstić information content (AvgIpc) is 3.34. The Morgan fingerprint density at radius 3 is 2.66 bits per heavy atom. The average molecular weight is 388 g/mol. The SMILES string of the molecule is O=C(NCc1ccccc1)c1nnc2n1C[C@H]1CN(Cc3cccnc3)C[C@@H]1C2. The Hall–Kier alpha value is -3.06. The normalized spacial score (nSPS) is 20.8. The lowest BCUT2D eigenvalue weighted by Crippen LogP contribution is -2.32. The monoisotopic (exact) mass is 388 g/mol.